The lowest BCUT2D eigenvalue weighted by molar-refractivity contribution is 0.295. The van der Waals surface area contributed by atoms with Crippen molar-refractivity contribution in [2.24, 2.45) is 0 Å². The lowest BCUT2D eigenvalue weighted by Crippen LogP contribution is -2.01. The molecule has 0 aromatic carbocycles. The highest BCUT2D eigenvalue weighted by Crippen LogP contribution is 2.20. The van der Waals surface area contributed by atoms with Crippen LogP contribution in [0.5, 0.6) is 0 Å². The molecule has 0 bridgehead atoms. The Morgan fingerprint density at radius 2 is 1.53 bits per heavy atom. The van der Waals surface area contributed by atoms with Crippen LogP contribution in [0.25, 0.3) is 11.5 Å². The molecule has 0 aliphatic heterocycles. The molecule has 1 rings (SSSR count). The highest BCUT2D eigenvalue weighted by Gasteiger charge is 2.08. The van der Waals surface area contributed by atoms with E-state index in [4.69, 9.17) is 15.2 Å². The Balaban J connectivity index is 3.01. The van der Waals surface area contributed by atoms with Crippen LogP contribution in [-0.2, 0) is 9.47 Å². The van der Waals surface area contributed by atoms with Crippen LogP contribution in [0.4, 0.5) is 5.69 Å². The zero-order valence-electron chi connectivity index (χ0n) is 10.3. The van der Waals surface area contributed by atoms with E-state index in [1.807, 2.05) is 13.8 Å². The molecule has 0 saturated heterocycles. The number of aromatic nitrogens is 1. The highest BCUT2D eigenvalue weighted by atomic mass is 16.5. The summed E-state index contributed by atoms with van der Waals surface area (Å²) in [4.78, 5) is 4.34. The van der Waals surface area contributed by atoms with Crippen LogP contribution in [0.2, 0.25) is 0 Å². The van der Waals surface area contributed by atoms with Gasteiger partial charge in [0.25, 0.3) is 0 Å². The van der Waals surface area contributed by atoms with Crippen LogP contribution in [-0.4, -0.2) is 18.2 Å². The minimum atomic E-state index is 0.491. The van der Waals surface area contributed by atoms with Gasteiger partial charge >= 0.3 is 0 Å². The third-order valence-corrected chi connectivity index (χ3v) is 2.06. The van der Waals surface area contributed by atoms with Crippen molar-refractivity contribution in [3.05, 3.63) is 36.7 Å². The molecular weight excluding hydrogens is 216 g/mol. The largest absolute Gasteiger partial charge is 0.492 e. The Morgan fingerprint density at radius 1 is 1.12 bits per heavy atom. The number of nitrogens with zero attached hydrogens (tertiary/aromatic N) is 1. The van der Waals surface area contributed by atoms with Gasteiger partial charge in [-0.3, -0.25) is 0 Å². The van der Waals surface area contributed by atoms with E-state index >= 15 is 0 Å². The number of nitrogen functional groups attached to an aromatic ring is 1. The van der Waals surface area contributed by atoms with Crippen molar-refractivity contribution in [3.63, 3.8) is 0 Å². The quantitative estimate of drug-likeness (QED) is 0.769. The number of rotatable bonds is 6. The SMILES string of the molecule is C=C(OCC)c1cc(N)cc(C(=C)OCC)n1. The predicted molar refractivity (Wildman–Crippen MR) is 70.0 cm³/mol. The van der Waals surface area contributed by atoms with Crippen LogP contribution in [0.3, 0.4) is 0 Å². The molecule has 0 fully saturated rings. The summed E-state index contributed by atoms with van der Waals surface area (Å²) in [6.45, 7) is 12.4. The van der Waals surface area contributed by atoms with Gasteiger partial charge in [-0.1, -0.05) is 13.2 Å². The molecule has 1 aromatic rings. The fraction of sp³-hybridized carbons (Fsp3) is 0.308. The van der Waals surface area contributed by atoms with Gasteiger partial charge in [-0.2, -0.15) is 0 Å². The first-order valence-electron chi connectivity index (χ1n) is 5.50. The number of hydrogen-bond donors (Lipinski definition) is 1. The molecule has 92 valence electrons. The third-order valence-electron chi connectivity index (χ3n) is 2.06. The minimum absolute atomic E-state index is 0.491. The van der Waals surface area contributed by atoms with Crippen molar-refractivity contribution in [1.82, 2.24) is 4.98 Å². The van der Waals surface area contributed by atoms with E-state index in [2.05, 4.69) is 18.1 Å². The maximum absolute atomic E-state index is 5.79. The van der Waals surface area contributed by atoms with Crippen LogP contribution in [0, 0.1) is 0 Å². The van der Waals surface area contributed by atoms with Crippen LogP contribution >= 0.6 is 0 Å². The zero-order valence-corrected chi connectivity index (χ0v) is 10.3. The first-order valence-corrected chi connectivity index (χ1v) is 5.50. The molecule has 0 amide bonds. The van der Waals surface area contributed by atoms with Gasteiger partial charge in [-0.05, 0) is 26.0 Å². The Labute approximate surface area is 102 Å². The maximum atomic E-state index is 5.79. The summed E-state index contributed by atoms with van der Waals surface area (Å²) in [7, 11) is 0. The van der Waals surface area contributed by atoms with Crippen molar-refractivity contribution in [1.29, 1.82) is 0 Å². The van der Waals surface area contributed by atoms with Crippen molar-refractivity contribution in [3.8, 4) is 0 Å². The second-order valence-corrected chi connectivity index (χ2v) is 3.38. The van der Waals surface area contributed by atoms with Crippen LogP contribution < -0.4 is 5.73 Å². The zero-order chi connectivity index (χ0) is 12.8. The molecule has 0 aliphatic carbocycles. The Hall–Kier alpha value is -1.97. The van der Waals surface area contributed by atoms with Crippen molar-refractivity contribution in [2.45, 2.75) is 13.8 Å². The molecule has 0 spiro atoms. The average molecular weight is 234 g/mol. The van der Waals surface area contributed by atoms with Gasteiger partial charge in [0.1, 0.15) is 22.9 Å². The molecule has 0 unspecified atom stereocenters. The molecule has 4 nitrogen and oxygen atoms in total. The highest BCUT2D eigenvalue weighted by molar-refractivity contribution is 5.64. The lowest BCUT2D eigenvalue weighted by Gasteiger charge is -2.11. The fourth-order valence-electron chi connectivity index (χ4n) is 1.33. The van der Waals surface area contributed by atoms with Gasteiger partial charge in [0.2, 0.25) is 0 Å². The fourth-order valence-corrected chi connectivity index (χ4v) is 1.33. The summed E-state index contributed by atoms with van der Waals surface area (Å²) in [5, 5.41) is 0. The lowest BCUT2D eigenvalue weighted by atomic mass is 10.2. The molecule has 1 heterocycles. The number of anilines is 1. The monoisotopic (exact) mass is 234 g/mol. The summed E-state index contributed by atoms with van der Waals surface area (Å²) in [5.74, 6) is 0.982. The maximum Gasteiger partial charge on any atom is 0.137 e. The van der Waals surface area contributed by atoms with E-state index in [9.17, 15) is 0 Å². The second kappa shape index (κ2) is 5.94. The van der Waals surface area contributed by atoms with Gasteiger partial charge in [-0.25, -0.2) is 4.98 Å². The molecule has 2 N–H and O–H groups in total. The van der Waals surface area contributed by atoms with E-state index < -0.39 is 0 Å². The predicted octanol–water partition coefficient (Wildman–Crippen LogP) is 2.68. The molecule has 0 saturated carbocycles. The molecular formula is C13H18N2O2. The van der Waals surface area contributed by atoms with E-state index in [-0.39, 0.29) is 0 Å². The molecule has 17 heavy (non-hydrogen) atoms. The Bertz CT molecular complexity index is 391. The van der Waals surface area contributed by atoms with Gasteiger partial charge in [-0.15, -0.1) is 0 Å². The summed E-state index contributed by atoms with van der Waals surface area (Å²) in [6.07, 6.45) is 0. The van der Waals surface area contributed by atoms with Gasteiger partial charge in [0, 0.05) is 5.69 Å². The van der Waals surface area contributed by atoms with Gasteiger partial charge in [0.15, 0.2) is 0 Å². The van der Waals surface area contributed by atoms with E-state index in [1.54, 1.807) is 12.1 Å². The van der Waals surface area contributed by atoms with E-state index in [0.29, 0.717) is 41.8 Å². The van der Waals surface area contributed by atoms with Gasteiger partial charge < -0.3 is 15.2 Å². The first-order chi connectivity index (χ1) is 8.08. The van der Waals surface area contributed by atoms with Crippen molar-refractivity contribution >= 4 is 17.2 Å². The smallest absolute Gasteiger partial charge is 0.137 e. The number of ether oxygens (including phenoxy) is 2. The number of nitrogens with two attached hydrogens (primary N) is 1. The first kappa shape index (κ1) is 13.1. The molecule has 0 radical (unpaired) electrons. The minimum Gasteiger partial charge on any atom is -0.492 e. The number of hydrogen-bond acceptors (Lipinski definition) is 4. The summed E-state index contributed by atoms with van der Waals surface area (Å²) in [6, 6.07) is 3.42. The van der Waals surface area contributed by atoms with E-state index in [0.717, 1.165) is 0 Å². The Kier molecular flexibility index (Phi) is 4.57. The molecule has 4 heteroatoms. The van der Waals surface area contributed by atoms with Crippen molar-refractivity contribution in [2.75, 3.05) is 18.9 Å². The third kappa shape index (κ3) is 3.52. The molecule has 0 atom stereocenters. The molecule has 0 aliphatic rings. The van der Waals surface area contributed by atoms with Crippen LogP contribution in [0.1, 0.15) is 25.2 Å². The number of pyridine rings is 1. The van der Waals surface area contributed by atoms with Gasteiger partial charge in [0.05, 0.1) is 13.2 Å². The second-order valence-electron chi connectivity index (χ2n) is 3.38. The summed E-state index contributed by atoms with van der Waals surface area (Å²) < 4.78 is 10.6. The summed E-state index contributed by atoms with van der Waals surface area (Å²) >= 11 is 0. The van der Waals surface area contributed by atoms with Crippen molar-refractivity contribution < 1.29 is 9.47 Å². The Morgan fingerprint density at radius 3 is 1.88 bits per heavy atom. The summed E-state index contributed by atoms with van der Waals surface area (Å²) in [5.41, 5.74) is 7.57. The molecule has 1 aromatic heterocycles. The normalized spacial score (nSPS) is 9.76. The van der Waals surface area contributed by atoms with E-state index in [1.165, 1.54) is 0 Å². The average Bonchev–Trinajstić information content (AvgIpc) is 2.29. The van der Waals surface area contributed by atoms with Crippen LogP contribution in [0.15, 0.2) is 25.3 Å². The standard InChI is InChI=1S/C13H18N2O2/c1-5-16-9(3)12-7-11(14)8-13(15-12)10(4)17-6-2/h7-8H,3-6H2,1-2H3,(H2,14,15). The topological polar surface area (TPSA) is 57.4 Å².